The van der Waals surface area contributed by atoms with E-state index in [9.17, 15) is 9.59 Å². The summed E-state index contributed by atoms with van der Waals surface area (Å²) in [7, 11) is 0. The Hall–Kier alpha value is -2.52. The first-order chi connectivity index (χ1) is 14.3. The lowest BCUT2D eigenvalue weighted by molar-refractivity contribution is -0.228. The first kappa shape index (κ1) is 22.2. The predicted molar refractivity (Wildman–Crippen MR) is 105 cm³/mol. The Morgan fingerprint density at radius 3 is 2.00 bits per heavy atom. The zero-order chi connectivity index (χ0) is 21.7. The molecule has 2 atom stereocenters. The molecule has 2 unspecified atom stereocenters. The van der Waals surface area contributed by atoms with Crippen LogP contribution in [0.4, 0.5) is 0 Å². The van der Waals surface area contributed by atoms with Crippen LogP contribution in [-0.4, -0.2) is 50.6 Å². The van der Waals surface area contributed by atoms with E-state index in [-0.39, 0.29) is 25.9 Å². The van der Waals surface area contributed by atoms with Gasteiger partial charge in [-0.1, -0.05) is 37.4 Å². The molecule has 0 radical (unpaired) electrons. The molecule has 0 bridgehead atoms. The molecule has 0 aliphatic carbocycles. The topological polar surface area (TPSA) is 89.5 Å². The van der Waals surface area contributed by atoms with Crippen molar-refractivity contribution in [3.63, 3.8) is 0 Å². The maximum atomic E-state index is 11.6. The number of carbonyl (C=O) groups excluding carboxylic acids is 2. The summed E-state index contributed by atoms with van der Waals surface area (Å²) in [5.74, 6) is -0.908. The van der Waals surface area contributed by atoms with Crippen LogP contribution in [0.5, 0.6) is 0 Å². The van der Waals surface area contributed by atoms with Crippen LogP contribution in [0.15, 0.2) is 48.6 Å². The first-order valence-electron chi connectivity index (χ1n) is 9.62. The summed E-state index contributed by atoms with van der Waals surface area (Å²) in [6.07, 6.45) is -1.87. The molecule has 0 N–H and O–H groups in total. The van der Waals surface area contributed by atoms with Crippen molar-refractivity contribution in [1.82, 2.24) is 0 Å². The van der Waals surface area contributed by atoms with Crippen LogP contribution in [0.1, 0.15) is 37.6 Å². The van der Waals surface area contributed by atoms with E-state index in [1.54, 1.807) is 13.8 Å². The molecule has 2 aliphatic heterocycles. The molecule has 2 saturated heterocycles. The van der Waals surface area contributed by atoms with Gasteiger partial charge in [-0.05, 0) is 13.8 Å². The maximum absolute atomic E-state index is 11.6. The summed E-state index contributed by atoms with van der Waals surface area (Å²) >= 11 is 0. The van der Waals surface area contributed by atoms with Crippen LogP contribution in [0, 0.1) is 0 Å². The lowest BCUT2D eigenvalue weighted by Crippen LogP contribution is -2.35. The highest BCUT2D eigenvalue weighted by atomic mass is 16.7. The van der Waals surface area contributed by atoms with Crippen LogP contribution >= 0.6 is 0 Å². The first-order valence-corrected chi connectivity index (χ1v) is 9.62. The second-order valence-corrected chi connectivity index (χ2v) is 7.28. The second-order valence-electron chi connectivity index (χ2n) is 7.28. The normalized spacial score (nSPS) is 26.1. The second kappa shape index (κ2) is 9.99. The number of rotatable bonds is 7. The SMILES string of the molecule is C=C(C)C(=O)OCC1COC(c2ccc(C3OCC(OC(=O)C(=C)C)CO3)cc2)O1. The van der Waals surface area contributed by atoms with Gasteiger partial charge in [-0.2, -0.15) is 0 Å². The molecule has 3 rings (SSSR count). The summed E-state index contributed by atoms with van der Waals surface area (Å²) in [5, 5.41) is 0. The number of benzene rings is 1. The van der Waals surface area contributed by atoms with E-state index in [1.807, 2.05) is 24.3 Å². The van der Waals surface area contributed by atoms with Crippen LogP contribution in [0.3, 0.4) is 0 Å². The van der Waals surface area contributed by atoms with Crippen molar-refractivity contribution in [3.8, 4) is 0 Å². The minimum absolute atomic E-state index is 0.112. The van der Waals surface area contributed by atoms with Crippen molar-refractivity contribution in [2.75, 3.05) is 26.4 Å². The van der Waals surface area contributed by atoms with Crippen molar-refractivity contribution >= 4 is 11.9 Å². The van der Waals surface area contributed by atoms with Gasteiger partial charge in [0.15, 0.2) is 12.6 Å². The zero-order valence-electron chi connectivity index (χ0n) is 17.1. The smallest absolute Gasteiger partial charge is 0.333 e. The van der Waals surface area contributed by atoms with E-state index in [0.717, 1.165) is 11.1 Å². The van der Waals surface area contributed by atoms with Gasteiger partial charge < -0.3 is 28.4 Å². The average molecular weight is 418 g/mol. The van der Waals surface area contributed by atoms with Crippen molar-refractivity contribution < 1.29 is 38.0 Å². The molecular weight excluding hydrogens is 392 g/mol. The fourth-order valence-electron chi connectivity index (χ4n) is 2.81. The van der Waals surface area contributed by atoms with Gasteiger partial charge in [0.05, 0.1) is 19.8 Å². The summed E-state index contributed by atoms with van der Waals surface area (Å²) in [6, 6.07) is 7.45. The number of hydrogen-bond donors (Lipinski definition) is 0. The molecule has 0 aromatic heterocycles. The maximum Gasteiger partial charge on any atom is 0.333 e. The Morgan fingerprint density at radius 1 is 0.900 bits per heavy atom. The Morgan fingerprint density at radius 2 is 1.43 bits per heavy atom. The van der Waals surface area contributed by atoms with E-state index in [1.165, 1.54) is 0 Å². The molecule has 0 saturated carbocycles. The van der Waals surface area contributed by atoms with Crippen LogP contribution in [0.25, 0.3) is 0 Å². The van der Waals surface area contributed by atoms with Crippen LogP contribution < -0.4 is 0 Å². The predicted octanol–water partition coefficient (Wildman–Crippen LogP) is 2.75. The van der Waals surface area contributed by atoms with Gasteiger partial charge in [0.1, 0.15) is 18.8 Å². The lowest BCUT2D eigenvalue weighted by Gasteiger charge is -2.29. The van der Waals surface area contributed by atoms with Gasteiger partial charge >= 0.3 is 11.9 Å². The Bertz CT molecular complexity index is 771. The third kappa shape index (κ3) is 5.76. The van der Waals surface area contributed by atoms with Crippen molar-refractivity contribution in [2.24, 2.45) is 0 Å². The quantitative estimate of drug-likeness (QED) is 0.493. The highest BCUT2D eigenvalue weighted by Gasteiger charge is 2.30. The van der Waals surface area contributed by atoms with Gasteiger partial charge in [-0.25, -0.2) is 9.59 Å². The van der Waals surface area contributed by atoms with E-state index in [4.69, 9.17) is 28.4 Å². The zero-order valence-corrected chi connectivity index (χ0v) is 17.1. The largest absolute Gasteiger partial charge is 0.459 e. The molecule has 8 nitrogen and oxygen atoms in total. The van der Waals surface area contributed by atoms with Gasteiger partial charge in [-0.3, -0.25) is 0 Å². The van der Waals surface area contributed by atoms with Gasteiger partial charge in [0.2, 0.25) is 0 Å². The molecule has 162 valence electrons. The van der Waals surface area contributed by atoms with Crippen molar-refractivity contribution in [3.05, 3.63) is 59.7 Å². The molecule has 8 heteroatoms. The van der Waals surface area contributed by atoms with E-state index in [2.05, 4.69) is 13.2 Å². The van der Waals surface area contributed by atoms with Crippen molar-refractivity contribution in [2.45, 2.75) is 38.6 Å². The summed E-state index contributed by atoms with van der Waals surface area (Å²) in [6.45, 7) is 11.2. The third-order valence-electron chi connectivity index (χ3n) is 4.47. The van der Waals surface area contributed by atoms with E-state index < -0.39 is 30.6 Å². The van der Waals surface area contributed by atoms with Gasteiger partial charge in [0, 0.05) is 22.3 Å². The molecule has 2 aliphatic rings. The highest BCUT2D eigenvalue weighted by Crippen LogP contribution is 2.30. The van der Waals surface area contributed by atoms with Crippen LogP contribution in [-0.2, 0) is 38.0 Å². The Labute approximate surface area is 175 Å². The fourth-order valence-corrected chi connectivity index (χ4v) is 2.81. The van der Waals surface area contributed by atoms with Crippen LogP contribution in [0.2, 0.25) is 0 Å². The molecule has 30 heavy (non-hydrogen) atoms. The molecule has 2 heterocycles. The van der Waals surface area contributed by atoms with Gasteiger partial charge in [-0.15, -0.1) is 0 Å². The summed E-state index contributed by atoms with van der Waals surface area (Å²) in [5.41, 5.74) is 2.33. The van der Waals surface area contributed by atoms with E-state index in [0.29, 0.717) is 17.8 Å². The minimum Gasteiger partial charge on any atom is -0.459 e. The average Bonchev–Trinajstić information content (AvgIpc) is 3.21. The fraction of sp³-hybridized carbons (Fsp3) is 0.455. The summed E-state index contributed by atoms with van der Waals surface area (Å²) < 4.78 is 33.1. The monoisotopic (exact) mass is 418 g/mol. The van der Waals surface area contributed by atoms with Gasteiger partial charge in [0.25, 0.3) is 0 Å². The van der Waals surface area contributed by atoms with E-state index >= 15 is 0 Å². The number of carbonyl (C=O) groups is 2. The van der Waals surface area contributed by atoms with Crippen molar-refractivity contribution in [1.29, 1.82) is 0 Å². The molecule has 0 amide bonds. The number of esters is 2. The standard InChI is InChI=1S/C22H26O8/c1-13(2)19(23)25-9-18-12-28-22(30-18)16-7-5-15(6-8-16)21-26-10-17(11-27-21)29-20(24)14(3)4/h5-8,17-18,21-22H,1,3,9-12H2,2,4H3. The highest BCUT2D eigenvalue weighted by molar-refractivity contribution is 5.87. The molecular formula is C22H26O8. The number of ether oxygens (including phenoxy) is 6. The summed E-state index contributed by atoms with van der Waals surface area (Å²) in [4.78, 5) is 23.0. The Kier molecular flexibility index (Phi) is 7.38. The lowest BCUT2D eigenvalue weighted by atomic mass is 10.1. The molecule has 0 spiro atoms. The number of hydrogen-bond acceptors (Lipinski definition) is 8. The molecule has 1 aromatic rings. The molecule has 2 fully saturated rings. The minimum atomic E-state index is -0.543. The Balaban J connectivity index is 1.47. The third-order valence-corrected chi connectivity index (χ3v) is 4.47. The molecule has 1 aromatic carbocycles.